The van der Waals surface area contributed by atoms with Crippen molar-refractivity contribution in [3.63, 3.8) is 0 Å². The first kappa shape index (κ1) is 16.5. The Labute approximate surface area is 147 Å². The molecule has 0 atom stereocenters. The van der Waals surface area contributed by atoms with Gasteiger partial charge in [0.15, 0.2) is 5.78 Å². The van der Waals surface area contributed by atoms with E-state index in [1.54, 1.807) is 17.0 Å². The molecule has 1 aliphatic heterocycles. The summed E-state index contributed by atoms with van der Waals surface area (Å²) in [7, 11) is 0. The molecule has 2 aliphatic carbocycles. The Bertz CT molecular complexity index is 729. The first-order valence-electron chi connectivity index (χ1n) is 9.49. The summed E-state index contributed by atoms with van der Waals surface area (Å²) in [6.07, 6.45) is 9.90. The topological polar surface area (TPSA) is 37.4 Å². The van der Waals surface area contributed by atoms with Gasteiger partial charge in [-0.3, -0.25) is 9.59 Å². The molecule has 1 aromatic rings. The first-order valence-corrected chi connectivity index (χ1v) is 9.49. The van der Waals surface area contributed by atoms with E-state index >= 15 is 0 Å². The van der Waals surface area contributed by atoms with Gasteiger partial charge in [0.1, 0.15) is 5.82 Å². The van der Waals surface area contributed by atoms with Gasteiger partial charge in [0.2, 0.25) is 0 Å². The molecule has 0 radical (unpaired) electrons. The van der Waals surface area contributed by atoms with Gasteiger partial charge in [-0.2, -0.15) is 0 Å². The molecule has 0 aromatic heterocycles. The molecule has 2 fully saturated rings. The van der Waals surface area contributed by atoms with E-state index in [0.717, 1.165) is 25.7 Å². The minimum absolute atomic E-state index is 0.00835. The Morgan fingerprint density at radius 3 is 2.52 bits per heavy atom. The van der Waals surface area contributed by atoms with Crippen LogP contribution in [-0.2, 0) is 9.59 Å². The molecule has 1 heterocycles. The maximum Gasteiger partial charge on any atom is 0.259 e. The molecule has 0 bridgehead atoms. The van der Waals surface area contributed by atoms with E-state index in [2.05, 4.69) is 0 Å². The third-order valence-electron chi connectivity index (χ3n) is 5.96. The van der Waals surface area contributed by atoms with Gasteiger partial charge in [-0.05, 0) is 36.8 Å². The van der Waals surface area contributed by atoms with E-state index < -0.39 is 0 Å². The molecule has 25 heavy (non-hydrogen) atoms. The third-order valence-corrected chi connectivity index (χ3v) is 5.96. The standard InChI is InChI=1S/C21H24FNO2/c22-19-10-4-9-17-18(12-16(24)11-14-7-3-8-14)21(25)23(20(17)19)13-15-5-1-2-6-15/h4,9-10,12,14-15H,1-3,5-8,11,13H2/b18-12+. The number of allylic oxidation sites excluding steroid dienone is 1. The van der Waals surface area contributed by atoms with Gasteiger partial charge in [0.05, 0.1) is 11.3 Å². The van der Waals surface area contributed by atoms with Crippen LogP contribution in [-0.4, -0.2) is 18.2 Å². The van der Waals surface area contributed by atoms with Crippen LogP contribution in [0.1, 0.15) is 56.9 Å². The summed E-state index contributed by atoms with van der Waals surface area (Å²) in [5.74, 6) is 0.294. The number of benzene rings is 1. The number of carbonyl (C=O) groups is 2. The van der Waals surface area contributed by atoms with Gasteiger partial charge < -0.3 is 4.90 Å². The minimum atomic E-state index is -0.376. The van der Waals surface area contributed by atoms with Crippen molar-refractivity contribution >= 4 is 23.0 Å². The number of hydrogen-bond acceptors (Lipinski definition) is 2. The van der Waals surface area contributed by atoms with Gasteiger partial charge in [-0.15, -0.1) is 0 Å². The fourth-order valence-electron chi connectivity index (χ4n) is 4.34. The largest absolute Gasteiger partial charge is 0.305 e. The predicted octanol–water partition coefficient (Wildman–Crippen LogP) is 4.51. The average molecular weight is 341 g/mol. The molecule has 3 aliphatic rings. The fourth-order valence-corrected chi connectivity index (χ4v) is 4.34. The maximum absolute atomic E-state index is 14.5. The van der Waals surface area contributed by atoms with Crippen molar-refractivity contribution in [3.8, 4) is 0 Å². The molecule has 0 N–H and O–H groups in total. The normalized spacial score (nSPS) is 22.5. The second-order valence-electron chi connectivity index (χ2n) is 7.73. The van der Waals surface area contributed by atoms with Crippen molar-refractivity contribution in [3.05, 3.63) is 35.7 Å². The Kier molecular flexibility index (Phi) is 4.45. The van der Waals surface area contributed by atoms with Crippen LogP contribution in [0.5, 0.6) is 0 Å². The number of halogens is 1. The smallest absolute Gasteiger partial charge is 0.259 e. The van der Waals surface area contributed by atoms with Crippen LogP contribution in [0.3, 0.4) is 0 Å². The molecule has 0 saturated heterocycles. The molecule has 4 rings (SSSR count). The monoisotopic (exact) mass is 341 g/mol. The van der Waals surface area contributed by atoms with Crippen molar-refractivity contribution < 1.29 is 14.0 Å². The molecule has 3 nitrogen and oxygen atoms in total. The summed E-state index contributed by atoms with van der Waals surface area (Å²) >= 11 is 0. The fraction of sp³-hybridized carbons (Fsp3) is 0.524. The molecular formula is C21H24FNO2. The number of rotatable bonds is 5. The van der Waals surface area contributed by atoms with Crippen LogP contribution in [0, 0.1) is 17.7 Å². The van der Waals surface area contributed by atoms with Gasteiger partial charge in [-0.1, -0.05) is 44.2 Å². The number of fused-ring (bicyclic) bond motifs is 1. The number of ketones is 1. The summed E-state index contributed by atoms with van der Waals surface area (Å²) in [6.45, 7) is 0.556. The highest BCUT2D eigenvalue weighted by Gasteiger charge is 2.37. The molecular weight excluding hydrogens is 317 g/mol. The van der Waals surface area contributed by atoms with Crippen molar-refractivity contribution in [2.45, 2.75) is 51.4 Å². The zero-order valence-electron chi connectivity index (χ0n) is 14.5. The van der Waals surface area contributed by atoms with Gasteiger partial charge >= 0.3 is 0 Å². The van der Waals surface area contributed by atoms with Crippen molar-refractivity contribution in [1.29, 1.82) is 0 Å². The maximum atomic E-state index is 14.5. The lowest BCUT2D eigenvalue weighted by atomic mass is 9.81. The Morgan fingerprint density at radius 1 is 1.12 bits per heavy atom. The Morgan fingerprint density at radius 2 is 1.84 bits per heavy atom. The van der Waals surface area contributed by atoms with Gasteiger partial charge in [0.25, 0.3) is 5.91 Å². The highest BCUT2D eigenvalue weighted by atomic mass is 19.1. The van der Waals surface area contributed by atoms with E-state index in [-0.39, 0.29) is 17.5 Å². The number of anilines is 1. The number of hydrogen-bond donors (Lipinski definition) is 0. The van der Waals surface area contributed by atoms with Crippen LogP contribution in [0.15, 0.2) is 24.3 Å². The lowest BCUT2D eigenvalue weighted by molar-refractivity contribution is -0.117. The Balaban J connectivity index is 1.62. The predicted molar refractivity (Wildman–Crippen MR) is 95.7 cm³/mol. The number of carbonyl (C=O) groups excluding carboxylic acids is 2. The molecule has 132 valence electrons. The molecule has 1 aromatic carbocycles. The van der Waals surface area contributed by atoms with Crippen LogP contribution in [0.2, 0.25) is 0 Å². The van der Waals surface area contributed by atoms with E-state index in [9.17, 15) is 14.0 Å². The summed E-state index contributed by atoms with van der Waals surface area (Å²) in [5, 5.41) is 0. The summed E-state index contributed by atoms with van der Waals surface area (Å²) in [5.41, 5.74) is 1.31. The van der Waals surface area contributed by atoms with Crippen molar-refractivity contribution in [2.75, 3.05) is 11.4 Å². The van der Waals surface area contributed by atoms with Crippen LogP contribution < -0.4 is 4.90 Å². The lowest BCUT2D eigenvalue weighted by Crippen LogP contribution is -2.32. The lowest BCUT2D eigenvalue weighted by Gasteiger charge is -2.23. The zero-order valence-corrected chi connectivity index (χ0v) is 14.5. The molecule has 0 unspecified atom stereocenters. The molecule has 1 amide bonds. The first-order chi connectivity index (χ1) is 12.1. The average Bonchev–Trinajstić information content (AvgIpc) is 3.14. The highest BCUT2D eigenvalue weighted by Crippen LogP contribution is 2.41. The molecule has 4 heteroatoms. The number of nitrogens with zero attached hydrogens (tertiary/aromatic N) is 1. The van der Waals surface area contributed by atoms with E-state index in [4.69, 9.17) is 0 Å². The van der Waals surface area contributed by atoms with E-state index in [1.807, 2.05) is 0 Å². The zero-order chi connectivity index (χ0) is 17.4. The minimum Gasteiger partial charge on any atom is -0.305 e. The molecule has 0 spiro atoms. The van der Waals surface area contributed by atoms with Gasteiger partial charge in [-0.25, -0.2) is 4.39 Å². The molecule has 2 saturated carbocycles. The number of para-hydroxylation sites is 1. The van der Waals surface area contributed by atoms with E-state index in [1.165, 1.54) is 31.4 Å². The van der Waals surface area contributed by atoms with Crippen LogP contribution in [0.25, 0.3) is 5.57 Å². The van der Waals surface area contributed by atoms with Crippen molar-refractivity contribution in [1.82, 2.24) is 0 Å². The highest BCUT2D eigenvalue weighted by molar-refractivity contribution is 6.35. The quantitative estimate of drug-likeness (QED) is 0.739. The van der Waals surface area contributed by atoms with E-state index in [0.29, 0.717) is 41.6 Å². The van der Waals surface area contributed by atoms with Gasteiger partial charge in [0, 0.05) is 18.5 Å². The van der Waals surface area contributed by atoms with Crippen molar-refractivity contribution in [2.24, 2.45) is 11.8 Å². The second kappa shape index (κ2) is 6.74. The third kappa shape index (κ3) is 3.14. The van der Waals surface area contributed by atoms with Crippen LogP contribution >= 0.6 is 0 Å². The van der Waals surface area contributed by atoms with Crippen LogP contribution in [0.4, 0.5) is 10.1 Å². The number of amides is 1. The summed E-state index contributed by atoms with van der Waals surface area (Å²) in [6, 6.07) is 4.77. The summed E-state index contributed by atoms with van der Waals surface area (Å²) in [4.78, 5) is 26.9. The Hall–Kier alpha value is -1.97. The second-order valence-corrected chi connectivity index (χ2v) is 7.73. The summed E-state index contributed by atoms with van der Waals surface area (Å²) < 4.78 is 14.5. The SMILES string of the molecule is O=C(/C=C1/C(=O)N(CC2CCCC2)c2c(F)cccc21)CC1CCC1.